The van der Waals surface area contributed by atoms with Crippen LogP contribution in [0, 0.1) is 6.92 Å². The number of nitrogens with one attached hydrogen (secondary N) is 1. The van der Waals surface area contributed by atoms with E-state index in [1.165, 1.54) is 16.2 Å². The maximum atomic E-state index is 12.7. The van der Waals surface area contributed by atoms with Gasteiger partial charge in [0.2, 0.25) is 0 Å². The Balaban J connectivity index is 1.67. The molecule has 150 valence electrons. The molecule has 0 atom stereocenters. The summed E-state index contributed by atoms with van der Waals surface area (Å²) in [5.41, 5.74) is 2.15. The van der Waals surface area contributed by atoms with Gasteiger partial charge < -0.3 is 15.0 Å². The van der Waals surface area contributed by atoms with Crippen molar-refractivity contribution in [3.63, 3.8) is 0 Å². The Morgan fingerprint density at radius 2 is 1.90 bits per heavy atom. The van der Waals surface area contributed by atoms with E-state index in [4.69, 9.17) is 16.3 Å². The summed E-state index contributed by atoms with van der Waals surface area (Å²) in [7, 11) is 3.34. The molecular formula is C21H20ClN3O3S. The third-order valence-corrected chi connectivity index (χ3v) is 5.49. The second-order valence-electron chi connectivity index (χ2n) is 6.50. The molecule has 0 unspecified atom stereocenters. The van der Waals surface area contributed by atoms with E-state index < -0.39 is 0 Å². The molecule has 6 nitrogen and oxygen atoms in total. The van der Waals surface area contributed by atoms with Gasteiger partial charge in [-0.2, -0.15) is 0 Å². The number of aryl methyl sites for hydroxylation is 1. The van der Waals surface area contributed by atoms with Crippen LogP contribution in [-0.4, -0.2) is 42.4 Å². The number of carbonyl (C=O) groups is 2. The van der Waals surface area contributed by atoms with Gasteiger partial charge >= 0.3 is 0 Å². The van der Waals surface area contributed by atoms with Crippen LogP contribution in [0.3, 0.4) is 0 Å². The van der Waals surface area contributed by atoms with Crippen molar-refractivity contribution in [2.75, 3.05) is 26.0 Å². The molecule has 2 aromatic carbocycles. The maximum Gasteiger partial charge on any atom is 0.267 e. The number of ether oxygens (including phenoxy) is 1. The molecule has 1 N–H and O–H groups in total. The number of amides is 2. The van der Waals surface area contributed by atoms with Crippen LogP contribution in [0.15, 0.2) is 48.5 Å². The summed E-state index contributed by atoms with van der Waals surface area (Å²) in [6, 6.07) is 14.2. The topological polar surface area (TPSA) is 71.5 Å². The minimum Gasteiger partial charge on any atom is -0.484 e. The highest BCUT2D eigenvalue weighted by Gasteiger charge is 2.17. The molecule has 0 spiro atoms. The third-order valence-electron chi connectivity index (χ3n) is 4.05. The molecule has 0 radical (unpaired) electrons. The van der Waals surface area contributed by atoms with Crippen LogP contribution in [0.2, 0.25) is 5.02 Å². The van der Waals surface area contributed by atoms with Gasteiger partial charge in [0.1, 0.15) is 15.6 Å². The van der Waals surface area contributed by atoms with Crippen molar-refractivity contribution in [3.05, 3.63) is 64.1 Å². The summed E-state index contributed by atoms with van der Waals surface area (Å²) in [6.07, 6.45) is 0. The van der Waals surface area contributed by atoms with Crippen LogP contribution < -0.4 is 10.1 Å². The Kier molecular flexibility index (Phi) is 6.51. The molecule has 1 heterocycles. The Bertz CT molecular complexity index is 1030. The number of likely N-dealkylation sites (N-methyl/N-ethyl adjacent to an activating group) is 1. The van der Waals surface area contributed by atoms with E-state index in [1.807, 2.05) is 18.2 Å². The number of thiazole rings is 1. The zero-order valence-corrected chi connectivity index (χ0v) is 17.8. The van der Waals surface area contributed by atoms with E-state index in [0.717, 1.165) is 10.6 Å². The molecule has 8 heteroatoms. The summed E-state index contributed by atoms with van der Waals surface area (Å²) in [4.78, 5) is 30.7. The van der Waals surface area contributed by atoms with Crippen molar-refractivity contribution >= 4 is 40.4 Å². The predicted molar refractivity (Wildman–Crippen MR) is 116 cm³/mol. The lowest BCUT2D eigenvalue weighted by Crippen LogP contribution is -2.27. The Hall–Kier alpha value is -2.90. The highest BCUT2D eigenvalue weighted by Crippen LogP contribution is 2.30. The summed E-state index contributed by atoms with van der Waals surface area (Å²) in [5.74, 6) is 0.193. The van der Waals surface area contributed by atoms with Gasteiger partial charge in [0.25, 0.3) is 11.8 Å². The van der Waals surface area contributed by atoms with Crippen LogP contribution in [0.1, 0.15) is 15.4 Å². The monoisotopic (exact) mass is 429 g/mol. The van der Waals surface area contributed by atoms with E-state index in [-0.39, 0.29) is 18.4 Å². The first kappa shape index (κ1) is 20.8. The lowest BCUT2D eigenvalue weighted by atomic mass is 10.2. The lowest BCUT2D eigenvalue weighted by molar-refractivity contribution is -0.130. The van der Waals surface area contributed by atoms with Gasteiger partial charge in [-0.1, -0.05) is 23.7 Å². The van der Waals surface area contributed by atoms with Crippen LogP contribution in [0.4, 0.5) is 5.69 Å². The van der Waals surface area contributed by atoms with E-state index >= 15 is 0 Å². The zero-order chi connectivity index (χ0) is 21.0. The van der Waals surface area contributed by atoms with Crippen molar-refractivity contribution in [2.24, 2.45) is 0 Å². The zero-order valence-electron chi connectivity index (χ0n) is 16.2. The average molecular weight is 430 g/mol. The number of hydrogen-bond acceptors (Lipinski definition) is 5. The highest BCUT2D eigenvalue weighted by atomic mass is 35.5. The van der Waals surface area contributed by atoms with Gasteiger partial charge in [-0.3, -0.25) is 9.59 Å². The van der Waals surface area contributed by atoms with E-state index in [2.05, 4.69) is 10.3 Å². The molecule has 3 aromatic rings. The van der Waals surface area contributed by atoms with E-state index in [0.29, 0.717) is 27.0 Å². The summed E-state index contributed by atoms with van der Waals surface area (Å²) in [6.45, 7) is 1.77. The first-order chi connectivity index (χ1) is 13.8. The average Bonchev–Trinajstić information content (AvgIpc) is 3.09. The number of halogens is 1. The third kappa shape index (κ3) is 5.34. The predicted octanol–water partition coefficient (Wildman–Crippen LogP) is 4.49. The van der Waals surface area contributed by atoms with Gasteiger partial charge in [0, 0.05) is 30.4 Å². The molecule has 3 rings (SSSR count). The van der Waals surface area contributed by atoms with Gasteiger partial charge in [0.15, 0.2) is 6.61 Å². The minimum atomic E-state index is -0.232. The maximum absolute atomic E-state index is 12.7. The quantitative estimate of drug-likeness (QED) is 0.626. The van der Waals surface area contributed by atoms with Crippen molar-refractivity contribution in [3.8, 4) is 16.3 Å². The largest absolute Gasteiger partial charge is 0.484 e. The molecular weight excluding hydrogens is 410 g/mol. The van der Waals surface area contributed by atoms with Crippen LogP contribution in [-0.2, 0) is 4.79 Å². The van der Waals surface area contributed by atoms with Gasteiger partial charge in [-0.15, -0.1) is 11.3 Å². The number of aromatic nitrogens is 1. The number of nitrogens with zero attached hydrogens (tertiary/aromatic N) is 2. The summed E-state index contributed by atoms with van der Waals surface area (Å²) >= 11 is 7.36. The Morgan fingerprint density at radius 1 is 1.17 bits per heavy atom. The SMILES string of the molecule is Cc1nc(-c2cccc(Cl)c2)sc1C(=O)Nc1ccc(OCC(=O)N(C)C)cc1. The van der Waals surface area contributed by atoms with Gasteiger partial charge in [-0.05, 0) is 43.3 Å². The molecule has 29 heavy (non-hydrogen) atoms. The van der Waals surface area contributed by atoms with Gasteiger partial charge in [-0.25, -0.2) is 4.98 Å². The fourth-order valence-electron chi connectivity index (χ4n) is 2.45. The summed E-state index contributed by atoms with van der Waals surface area (Å²) in [5, 5.41) is 4.22. The van der Waals surface area contributed by atoms with Crippen molar-refractivity contribution in [1.29, 1.82) is 0 Å². The van der Waals surface area contributed by atoms with Crippen molar-refractivity contribution in [1.82, 2.24) is 9.88 Å². The van der Waals surface area contributed by atoms with E-state index in [9.17, 15) is 9.59 Å². The highest BCUT2D eigenvalue weighted by molar-refractivity contribution is 7.17. The minimum absolute atomic E-state index is 0.0367. The summed E-state index contributed by atoms with van der Waals surface area (Å²) < 4.78 is 5.43. The van der Waals surface area contributed by atoms with Crippen LogP contribution in [0.5, 0.6) is 5.75 Å². The van der Waals surface area contributed by atoms with Gasteiger partial charge in [0.05, 0.1) is 5.69 Å². The van der Waals surface area contributed by atoms with Crippen LogP contribution >= 0.6 is 22.9 Å². The molecule has 0 aliphatic heterocycles. The number of carbonyl (C=O) groups excluding carboxylic acids is 2. The standard InChI is InChI=1S/C21H20ClN3O3S/c1-13-19(29-21(23-13)14-5-4-6-15(22)11-14)20(27)24-16-7-9-17(10-8-16)28-12-18(26)25(2)3/h4-11H,12H2,1-3H3,(H,24,27). The number of benzene rings is 2. The molecule has 2 amide bonds. The number of anilines is 1. The molecule has 0 aliphatic rings. The molecule has 0 fully saturated rings. The molecule has 1 aromatic heterocycles. The lowest BCUT2D eigenvalue weighted by Gasteiger charge is -2.11. The van der Waals surface area contributed by atoms with E-state index in [1.54, 1.807) is 51.4 Å². The number of rotatable bonds is 6. The Morgan fingerprint density at radius 3 is 2.55 bits per heavy atom. The first-order valence-corrected chi connectivity index (χ1v) is 10.0. The smallest absolute Gasteiger partial charge is 0.267 e. The molecule has 0 aliphatic carbocycles. The first-order valence-electron chi connectivity index (χ1n) is 8.81. The molecule has 0 saturated heterocycles. The molecule has 0 saturated carbocycles. The normalized spacial score (nSPS) is 10.5. The molecule has 0 bridgehead atoms. The number of hydrogen-bond donors (Lipinski definition) is 1. The fourth-order valence-corrected chi connectivity index (χ4v) is 3.60. The van der Waals surface area contributed by atoms with Crippen molar-refractivity contribution in [2.45, 2.75) is 6.92 Å². The van der Waals surface area contributed by atoms with Crippen molar-refractivity contribution < 1.29 is 14.3 Å². The second kappa shape index (κ2) is 9.07. The Labute approximate surface area is 178 Å². The van der Waals surface area contributed by atoms with Crippen LogP contribution in [0.25, 0.3) is 10.6 Å². The fraction of sp³-hybridized carbons (Fsp3) is 0.190. The second-order valence-corrected chi connectivity index (χ2v) is 7.93.